The summed E-state index contributed by atoms with van der Waals surface area (Å²) in [5.41, 5.74) is -0.321. The molecule has 1 N–H and O–H groups in total. The third-order valence-corrected chi connectivity index (χ3v) is 9.14. The van der Waals surface area contributed by atoms with Crippen molar-refractivity contribution in [2.24, 2.45) is 17.3 Å². The van der Waals surface area contributed by atoms with Crippen molar-refractivity contribution in [3.05, 3.63) is 51.8 Å². The number of nitro groups is 1. The van der Waals surface area contributed by atoms with Crippen LogP contribution in [-0.4, -0.2) is 64.1 Å². The molecule has 2 aromatic rings. The molecule has 13 heteroatoms. The van der Waals surface area contributed by atoms with Gasteiger partial charge < -0.3 is 24.1 Å². The minimum absolute atomic E-state index is 0.109. The van der Waals surface area contributed by atoms with Gasteiger partial charge >= 0.3 is 18.8 Å². The van der Waals surface area contributed by atoms with Gasteiger partial charge in [-0.25, -0.2) is 4.79 Å². The topological polar surface area (TPSA) is 144 Å². The monoisotopic (exact) mass is 582 g/mol. The molecule has 3 aliphatic carbocycles. The van der Waals surface area contributed by atoms with Crippen LogP contribution in [0.2, 0.25) is 0 Å². The molecule has 3 saturated carbocycles. The van der Waals surface area contributed by atoms with E-state index in [2.05, 4.69) is 31.2 Å². The molecule has 42 heavy (non-hydrogen) atoms. The number of rotatable bonds is 9. The summed E-state index contributed by atoms with van der Waals surface area (Å²) in [5.74, 6) is -0.373. The molecule has 1 aromatic heterocycles. The van der Waals surface area contributed by atoms with E-state index in [1.54, 1.807) is 32.9 Å². The van der Waals surface area contributed by atoms with Crippen molar-refractivity contribution in [2.75, 3.05) is 7.11 Å². The molecule has 1 saturated heterocycles. The number of nitrogens with zero attached hydrogens (tertiary/aromatic N) is 3. The lowest BCUT2D eigenvalue weighted by Crippen LogP contribution is -2.65. The largest absolute Gasteiger partial charge is 0.496 e. The highest BCUT2D eigenvalue weighted by atomic mass is 16.7. The van der Waals surface area contributed by atoms with Crippen LogP contribution in [0.5, 0.6) is 5.75 Å². The van der Waals surface area contributed by atoms with E-state index < -0.39 is 41.1 Å². The van der Waals surface area contributed by atoms with Crippen molar-refractivity contribution >= 4 is 24.7 Å². The zero-order valence-corrected chi connectivity index (χ0v) is 25.2. The van der Waals surface area contributed by atoms with Gasteiger partial charge in [-0.2, -0.15) is 5.10 Å². The maximum absolute atomic E-state index is 13.2. The van der Waals surface area contributed by atoms with Crippen molar-refractivity contribution in [3.8, 4) is 5.75 Å². The summed E-state index contributed by atoms with van der Waals surface area (Å²) >= 11 is 0. The third-order valence-electron chi connectivity index (χ3n) is 9.14. The summed E-state index contributed by atoms with van der Waals surface area (Å²) < 4.78 is 25.7. The van der Waals surface area contributed by atoms with Crippen LogP contribution in [-0.2, 0) is 31.8 Å². The summed E-state index contributed by atoms with van der Waals surface area (Å²) in [6.07, 6.45) is 4.39. The van der Waals surface area contributed by atoms with Gasteiger partial charge in [0.05, 0.1) is 29.7 Å². The van der Waals surface area contributed by atoms with Crippen molar-refractivity contribution in [3.63, 3.8) is 0 Å². The Bertz CT molecular complexity index is 1390. The summed E-state index contributed by atoms with van der Waals surface area (Å²) in [4.78, 5) is 36.8. The molecule has 5 atom stereocenters. The molecule has 1 aliphatic heterocycles. The number of para-hydroxylation sites is 1. The van der Waals surface area contributed by atoms with E-state index in [1.807, 2.05) is 6.07 Å². The number of nitrogens with one attached hydrogen (secondary N) is 1. The number of esters is 1. The molecular weight excluding hydrogens is 543 g/mol. The average Bonchev–Trinajstić information content (AvgIpc) is 3.50. The smallest absolute Gasteiger partial charge is 0.482 e. The molecule has 4 fully saturated rings. The van der Waals surface area contributed by atoms with E-state index >= 15 is 0 Å². The van der Waals surface area contributed by atoms with Crippen LogP contribution in [0.25, 0.3) is 0 Å². The Morgan fingerprint density at radius 1 is 1.29 bits per heavy atom. The van der Waals surface area contributed by atoms with Crippen molar-refractivity contribution in [1.82, 2.24) is 15.1 Å². The van der Waals surface area contributed by atoms with Gasteiger partial charge in [0.2, 0.25) is 5.91 Å². The number of aromatic nitrogens is 2. The molecule has 0 unspecified atom stereocenters. The molecule has 2 bridgehead atoms. The predicted molar refractivity (Wildman–Crippen MR) is 153 cm³/mol. The minimum Gasteiger partial charge on any atom is -0.496 e. The highest BCUT2D eigenvalue weighted by Crippen LogP contribution is 2.65. The Hall–Kier alpha value is -3.45. The second-order valence-electron chi connectivity index (χ2n) is 13.4. The van der Waals surface area contributed by atoms with Gasteiger partial charge in [-0.1, -0.05) is 26.0 Å². The Labute approximate surface area is 245 Å². The molecule has 1 amide bonds. The predicted octanol–water partition coefficient (Wildman–Crippen LogP) is 3.75. The van der Waals surface area contributed by atoms with Crippen molar-refractivity contribution in [1.29, 1.82) is 0 Å². The van der Waals surface area contributed by atoms with E-state index in [1.165, 1.54) is 18.0 Å². The van der Waals surface area contributed by atoms with Crippen molar-refractivity contribution < 1.29 is 33.3 Å². The number of ether oxygens (including phenoxy) is 2. The van der Waals surface area contributed by atoms with Crippen LogP contribution in [0.15, 0.2) is 30.6 Å². The van der Waals surface area contributed by atoms with E-state index in [0.29, 0.717) is 23.1 Å². The molecule has 226 valence electrons. The molecular formula is C29H39BN4O8. The highest BCUT2D eigenvalue weighted by Gasteiger charge is 2.68. The zero-order valence-electron chi connectivity index (χ0n) is 25.2. The van der Waals surface area contributed by atoms with E-state index in [9.17, 15) is 19.7 Å². The fourth-order valence-corrected chi connectivity index (χ4v) is 6.94. The molecule has 0 spiro atoms. The van der Waals surface area contributed by atoms with Crippen LogP contribution in [0.1, 0.15) is 70.3 Å². The maximum atomic E-state index is 13.2. The summed E-state index contributed by atoms with van der Waals surface area (Å²) in [6, 6.07) is 5.21. The van der Waals surface area contributed by atoms with E-state index in [-0.39, 0.29) is 35.7 Å². The number of amides is 1. The standard InChI is InChI=1S/C29H39BN4O8/c1-27(2,3)40-26(36)20-10-8-9-17(25(20)39-7)11-23(32-24(35)16-33-15-19(14-31-33)34(37)38)30-41-22-13-18-12-21(28(18,4)5)29(22,6)42-30/h8-10,14-15,18,21-23H,11-13,16H2,1-7H3,(H,32,35)/t18-,21-,22+,23-,29-/m0/s1. The second-order valence-corrected chi connectivity index (χ2v) is 13.4. The SMILES string of the molecule is COc1c(C[C@H](NC(=O)Cn2cc([N+](=O)[O-])cn2)B2O[C@@H]3C[C@@H]4C[C@@H](C4(C)C)[C@]3(C)O2)cccc1C(=O)OC(C)(C)C. The van der Waals surface area contributed by atoms with Gasteiger partial charge in [0.1, 0.15) is 35.9 Å². The van der Waals surface area contributed by atoms with E-state index in [0.717, 1.165) is 19.0 Å². The van der Waals surface area contributed by atoms with Gasteiger partial charge in [0, 0.05) is 0 Å². The zero-order chi connectivity index (χ0) is 30.6. The van der Waals surface area contributed by atoms with Crippen LogP contribution in [0, 0.1) is 27.4 Å². The van der Waals surface area contributed by atoms with Gasteiger partial charge in [-0.3, -0.25) is 19.6 Å². The Balaban J connectivity index is 1.42. The fourth-order valence-electron chi connectivity index (χ4n) is 6.94. The molecule has 1 aromatic carbocycles. The van der Waals surface area contributed by atoms with Crippen LogP contribution in [0.4, 0.5) is 5.69 Å². The van der Waals surface area contributed by atoms with Gasteiger partial charge in [0.25, 0.3) is 0 Å². The third kappa shape index (κ3) is 5.51. The van der Waals surface area contributed by atoms with Crippen LogP contribution in [0.3, 0.4) is 0 Å². The van der Waals surface area contributed by atoms with Crippen molar-refractivity contribution in [2.45, 2.75) is 90.6 Å². The lowest BCUT2D eigenvalue weighted by Gasteiger charge is -2.64. The minimum atomic E-state index is -0.763. The molecule has 4 aliphatic rings. The Kier molecular flexibility index (Phi) is 7.63. The number of hydrogen-bond donors (Lipinski definition) is 1. The van der Waals surface area contributed by atoms with Gasteiger partial charge in [-0.15, -0.1) is 0 Å². The fraction of sp³-hybridized carbons (Fsp3) is 0.621. The number of benzene rings is 1. The normalized spacial score (nSPS) is 26.5. The molecule has 0 radical (unpaired) electrons. The molecule has 6 rings (SSSR count). The first-order valence-electron chi connectivity index (χ1n) is 14.3. The Morgan fingerprint density at radius 2 is 2.02 bits per heavy atom. The quantitative estimate of drug-likeness (QED) is 0.202. The second kappa shape index (κ2) is 10.7. The number of carbonyl (C=O) groups is 2. The van der Waals surface area contributed by atoms with E-state index in [4.69, 9.17) is 18.8 Å². The summed E-state index contributed by atoms with van der Waals surface area (Å²) in [5, 5.41) is 18.0. The van der Waals surface area contributed by atoms with Crippen LogP contribution < -0.4 is 10.1 Å². The average molecular weight is 582 g/mol. The summed E-state index contributed by atoms with van der Waals surface area (Å²) in [6.45, 7) is 11.8. The summed E-state index contributed by atoms with van der Waals surface area (Å²) in [7, 11) is 0.721. The lowest BCUT2D eigenvalue weighted by molar-refractivity contribution is -0.385. The lowest BCUT2D eigenvalue weighted by atomic mass is 9.43. The first-order chi connectivity index (χ1) is 19.6. The van der Waals surface area contributed by atoms with Gasteiger partial charge in [-0.05, 0) is 75.8 Å². The number of hydrogen-bond acceptors (Lipinski definition) is 9. The highest BCUT2D eigenvalue weighted by molar-refractivity contribution is 6.48. The first-order valence-corrected chi connectivity index (χ1v) is 14.3. The molecule has 12 nitrogen and oxygen atoms in total. The first kappa shape index (κ1) is 30.0. The maximum Gasteiger partial charge on any atom is 0.482 e. The van der Waals surface area contributed by atoms with Crippen LogP contribution >= 0.6 is 0 Å². The molecule has 2 heterocycles. The number of methoxy groups -OCH3 is 1. The van der Waals surface area contributed by atoms with Gasteiger partial charge in [0.15, 0.2) is 0 Å². The number of carbonyl (C=O) groups excluding carboxylic acids is 2. The Morgan fingerprint density at radius 3 is 2.64 bits per heavy atom.